The van der Waals surface area contributed by atoms with Crippen LogP contribution in [0.1, 0.15) is 43.5 Å². The highest BCUT2D eigenvalue weighted by atomic mass is 19.4. The highest BCUT2D eigenvalue weighted by Gasteiger charge is 2.33. The van der Waals surface area contributed by atoms with Gasteiger partial charge in [0, 0.05) is 54.2 Å². The average molecular weight is 443 g/mol. The molecule has 1 saturated heterocycles. The maximum Gasteiger partial charge on any atom is 0.416 e. The first-order valence-electron chi connectivity index (χ1n) is 10.9. The van der Waals surface area contributed by atoms with Gasteiger partial charge in [0.25, 0.3) is 0 Å². The number of hydrogen-bond donors (Lipinski definition) is 2. The van der Waals surface area contributed by atoms with Gasteiger partial charge in [0.1, 0.15) is 0 Å². The zero-order valence-corrected chi connectivity index (χ0v) is 18.8. The molecule has 0 bridgehead atoms. The standard InChI is InChI=1S/C25H29F3N4/c1-16-19(6-5-7-21(16)25(26,27)28)17(2)31-23-10-11-29-22-9-8-18(14-20(22)23)32-13-12-30-24(3,4)15-32/h5-11,14,17,30H,12-13,15H2,1-4H3,(H,29,31)/t17-/m1/s1. The number of pyridine rings is 1. The number of fused-ring (bicyclic) bond motifs is 1. The van der Waals surface area contributed by atoms with E-state index in [0.29, 0.717) is 5.56 Å². The summed E-state index contributed by atoms with van der Waals surface area (Å²) in [5.74, 6) is 0. The van der Waals surface area contributed by atoms with E-state index < -0.39 is 11.7 Å². The van der Waals surface area contributed by atoms with Gasteiger partial charge < -0.3 is 15.5 Å². The van der Waals surface area contributed by atoms with E-state index in [-0.39, 0.29) is 17.1 Å². The lowest BCUT2D eigenvalue weighted by atomic mass is 9.97. The van der Waals surface area contributed by atoms with E-state index in [4.69, 9.17) is 0 Å². The number of nitrogens with zero attached hydrogens (tertiary/aromatic N) is 2. The van der Waals surface area contributed by atoms with Crippen molar-refractivity contribution in [3.8, 4) is 0 Å². The fourth-order valence-corrected chi connectivity index (χ4v) is 4.56. The minimum atomic E-state index is -4.37. The number of rotatable bonds is 4. The molecular formula is C25H29F3N4. The molecule has 0 aliphatic carbocycles. The summed E-state index contributed by atoms with van der Waals surface area (Å²) in [7, 11) is 0. The van der Waals surface area contributed by atoms with Gasteiger partial charge in [-0.1, -0.05) is 12.1 Å². The number of halogens is 3. The Kier molecular flexibility index (Phi) is 5.79. The normalized spacial score (nSPS) is 17.4. The number of alkyl halides is 3. The van der Waals surface area contributed by atoms with Crippen molar-refractivity contribution in [1.82, 2.24) is 10.3 Å². The summed E-state index contributed by atoms with van der Waals surface area (Å²) in [5, 5.41) is 7.91. The van der Waals surface area contributed by atoms with E-state index in [1.54, 1.807) is 12.3 Å². The summed E-state index contributed by atoms with van der Waals surface area (Å²) < 4.78 is 40.1. The van der Waals surface area contributed by atoms with E-state index in [1.807, 2.05) is 19.1 Å². The maximum absolute atomic E-state index is 13.4. The average Bonchev–Trinajstić information content (AvgIpc) is 2.72. The van der Waals surface area contributed by atoms with E-state index >= 15 is 0 Å². The van der Waals surface area contributed by atoms with E-state index in [2.05, 4.69) is 46.5 Å². The molecule has 3 aromatic rings. The van der Waals surface area contributed by atoms with Crippen molar-refractivity contribution in [3.63, 3.8) is 0 Å². The molecule has 0 unspecified atom stereocenters. The predicted octanol–water partition coefficient (Wildman–Crippen LogP) is 5.92. The second kappa shape index (κ2) is 8.28. The second-order valence-corrected chi connectivity index (χ2v) is 9.18. The van der Waals surface area contributed by atoms with Crippen molar-refractivity contribution >= 4 is 22.3 Å². The molecule has 0 radical (unpaired) electrons. The minimum Gasteiger partial charge on any atom is -0.378 e. The molecule has 32 heavy (non-hydrogen) atoms. The third kappa shape index (κ3) is 4.53. The van der Waals surface area contributed by atoms with Crippen molar-refractivity contribution in [2.75, 3.05) is 29.9 Å². The molecule has 2 N–H and O–H groups in total. The minimum absolute atomic E-state index is 0.0266. The molecular weight excluding hydrogens is 413 g/mol. The van der Waals surface area contributed by atoms with Crippen molar-refractivity contribution in [2.45, 2.75) is 45.5 Å². The third-order valence-corrected chi connectivity index (χ3v) is 6.18. The molecule has 1 aromatic heterocycles. The van der Waals surface area contributed by atoms with Crippen LogP contribution in [0, 0.1) is 6.92 Å². The van der Waals surface area contributed by atoms with Crippen molar-refractivity contribution in [1.29, 1.82) is 0 Å². The van der Waals surface area contributed by atoms with Crippen LogP contribution in [-0.4, -0.2) is 30.2 Å². The summed E-state index contributed by atoms with van der Waals surface area (Å²) in [6, 6.07) is 12.1. The maximum atomic E-state index is 13.4. The largest absolute Gasteiger partial charge is 0.416 e. The third-order valence-electron chi connectivity index (χ3n) is 6.18. The Labute approximate surface area is 186 Å². The molecule has 1 aliphatic heterocycles. The van der Waals surface area contributed by atoms with E-state index in [1.165, 1.54) is 13.0 Å². The van der Waals surface area contributed by atoms with Gasteiger partial charge in [-0.3, -0.25) is 4.98 Å². The van der Waals surface area contributed by atoms with Crippen LogP contribution < -0.4 is 15.5 Å². The monoisotopic (exact) mass is 442 g/mol. The fourth-order valence-electron chi connectivity index (χ4n) is 4.56. The van der Waals surface area contributed by atoms with Gasteiger partial charge in [-0.05, 0) is 69.2 Å². The molecule has 0 spiro atoms. The Morgan fingerprint density at radius 2 is 1.94 bits per heavy atom. The van der Waals surface area contributed by atoms with Crippen LogP contribution in [0.3, 0.4) is 0 Å². The Morgan fingerprint density at radius 1 is 1.16 bits per heavy atom. The molecule has 4 nitrogen and oxygen atoms in total. The quantitative estimate of drug-likeness (QED) is 0.526. The highest BCUT2D eigenvalue weighted by Crippen LogP contribution is 2.36. The van der Waals surface area contributed by atoms with Crippen LogP contribution in [0.15, 0.2) is 48.7 Å². The van der Waals surface area contributed by atoms with Crippen molar-refractivity contribution in [2.24, 2.45) is 0 Å². The molecule has 4 rings (SSSR count). The summed E-state index contributed by atoms with van der Waals surface area (Å²) in [6.07, 6.45) is -2.64. The molecule has 0 amide bonds. The molecule has 2 heterocycles. The molecule has 1 atom stereocenters. The lowest BCUT2D eigenvalue weighted by Gasteiger charge is -2.40. The summed E-state index contributed by atoms with van der Waals surface area (Å²) in [5.41, 5.74) is 3.14. The SMILES string of the molecule is Cc1c([C@@H](C)Nc2ccnc3ccc(N4CCNC(C)(C)C4)cc23)cccc1C(F)(F)F. The lowest BCUT2D eigenvalue weighted by Crippen LogP contribution is -2.57. The van der Waals surface area contributed by atoms with Gasteiger partial charge in [0.05, 0.1) is 11.1 Å². The topological polar surface area (TPSA) is 40.2 Å². The molecule has 1 aliphatic rings. The summed E-state index contributed by atoms with van der Waals surface area (Å²) >= 11 is 0. The predicted molar refractivity (Wildman–Crippen MR) is 124 cm³/mol. The van der Waals surface area contributed by atoms with Gasteiger partial charge in [-0.25, -0.2) is 0 Å². The van der Waals surface area contributed by atoms with Gasteiger partial charge in [-0.2, -0.15) is 13.2 Å². The second-order valence-electron chi connectivity index (χ2n) is 9.18. The zero-order chi connectivity index (χ0) is 23.1. The van der Waals surface area contributed by atoms with E-state index in [0.717, 1.165) is 48.0 Å². The molecule has 0 saturated carbocycles. The molecule has 1 fully saturated rings. The fraction of sp³-hybridized carbons (Fsp3) is 0.400. The zero-order valence-electron chi connectivity index (χ0n) is 18.8. The van der Waals surface area contributed by atoms with Crippen molar-refractivity contribution in [3.05, 3.63) is 65.4 Å². The highest BCUT2D eigenvalue weighted by molar-refractivity contribution is 5.93. The summed E-state index contributed by atoms with van der Waals surface area (Å²) in [6.45, 7) is 10.5. The number of hydrogen-bond acceptors (Lipinski definition) is 4. The molecule has 2 aromatic carbocycles. The molecule has 170 valence electrons. The number of nitrogens with one attached hydrogen (secondary N) is 2. The lowest BCUT2D eigenvalue weighted by molar-refractivity contribution is -0.138. The van der Waals surface area contributed by atoms with Crippen LogP contribution in [0.25, 0.3) is 10.9 Å². The Balaban J connectivity index is 1.66. The Morgan fingerprint density at radius 3 is 2.66 bits per heavy atom. The number of anilines is 2. The smallest absolute Gasteiger partial charge is 0.378 e. The van der Waals surface area contributed by atoms with Crippen molar-refractivity contribution < 1.29 is 13.2 Å². The molecule has 7 heteroatoms. The van der Waals surface area contributed by atoms with Crippen LogP contribution in [0.4, 0.5) is 24.5 Å². The van der Waals surface area contributed by atoms with E-state index in [9.17, 15) is 13.2 Å². The van der Waals surface area contributed by atoms with Gasteiger partial charge >= 0.3 is 6.18 Å². The van der Waals surface area contributed by atoms with Crippen LogP contribution in [0.2, 0.25) is 0 Å². The summed E-state index contributed by atoms with van der Waals surface area (Å²) in [4.78, 5) is 6.84. The van der Waals surface area contributed by atoms with Crippen LogP contribution in [0.5, 0.6) is 0 Å². The van der Waals surface area contributed by atoms with Crippen LogP contribution in [-0.2, 0) is 6.18 Å². The van der Waals surface area contributed by atoms with Crippen LogP contribution >= 0.6 is 0 Å². The van der Waals surface area contributed by atoms with Gasteiger partial charge in [0.2, 0.25) is 0 Å². The van der Waals surface area contributed by atoms with Gasteiger partial charge in [0.15, 0.2) is 0 Å². The number of aromatic nitrogens is 1. The number of benzene rings is 2. The first-order valence-corrected chi connectivity index (χ1v) is 10.9. The Bertz CT molecular complexity index is 1120. The van der Waals surface area contributed by atoms with Gasteiger partial charge in [-0.15, -0.1) is 0 Å². The number of piperazine rings is 1. The first kappa shape index (κ1) is 22.4. The first-order chi connectivity index (χ1) is 15.0. The Hall–Kier alpha value is -2.80.